The number of aliphatic imine (C=N–C) groups is 1. The van der Waals surface area contributed by atoms with Crippen LogP contribution in [0.2, 0.25) is 0 Å². The summed E-state index contributed by atoms with van der Waals surface area (Å²) in [5, 5.41) is 6.18. The first-order chi connectivity index (χ1) is 10.4. The fourth-order valence-corrected chi connectivity index (χ4v) is 2.26. The third-order valence-electron chi connectivity index (χ3n) is 3.15. The molecule has 7 heteroatoms. The summed E-state index contributed by atoms with van der Waals surface area (Å²) in [7, 11) is 1.76. The third-order valence-corrected chi connectivity index (χ3v) is 3.15. The van der Waals surface area contributed by atoms with E-state index in [1.807, 2.05) is 27.7 Å². The second-order valence-corrected chi connectivity index (χ2v) is 6.25. The number of rotatable bonds is 5. The van der Waals surface area contributed by atoms with E-state index in [9.17, 15) is 4.79 Å². The zero-order chi connectivity index (χ0) is 16.6. The first-order valence-corrected chi connectivity index (χ1v) is 7.88. The van der Waals surface area contributed by atoms with Crippen molar-refractivity contribution in [1.82, 2.24) is 15.5 Å². The average molecular weight is 314 g/mol. The molecule has 0 aliphatic carbocycles. The summed E-state index contributed by atoms with van der Waals surface area (Å²) in [6.07, 6.45) is 0.518. The normalized spacial score (nSPS) is 19.2. The Labute approximate surface area is 133 Å². The molecule has 22 heavy (non-hydrogen) atoms. The molecule has 0 aromatic rings. The van der Waals surface area contributed by atoms with Gasteiger partial charge in [-0.05, 0) is 34.1 Å². The summed E-state index contributed by atoms with van der Waals surface area (Å²) >= 11 is 0. The van der Waals surface area contributed by atoms with Crippen molar-refractivity contribution in [3.05, 3.63) is 0 Å². The van der Waals surface area contributed by atoms with Crippen LogP contribution in [0.25, 0.3) is 0 Å². The molecule has 1 rings (SSSR count). The molecule has 0 bridgehead atoms. The first kappa shape index (κ1) is 18.5. The molecule has 1 aliphatic heterocycles. The molecule has 1 aliphatic rings. The van der Waals surface area contributed by atoms with Gasteiger partial charge in [-0.3, -0.25) is 4.99 Å². The van der Waals surface area contributed by atoms with E-state index in [1.54, 1.807) is 7.05 Å². The van der Waals surface area contributed by atoms with Crippen LogP contribution >= 0.6 is 0 Å². The van der Waals surface area contributed by atoms with Crippen LogP contribution in [0.3, 0.4) is 0 Å². The van der Waals surface area contributed by atoms with E-state index in [0.29, 0.717) is 13.2 Å². The number of likely N-dealkylation sites (tertiary alicyclic amines) is 1. The van der Waals surface area contributed by atoms with Crippen molar-refractivity contribution in [3.8, 4) is 0 Å². The number of nitrogens with one attached hydrogen (secondary N) is 2. The number of carbonyl (C=O) groups excluding carboxylic acids is 1. The van der Waals surface area contributed by atoms with Crippen molar-refractivity contribution in [2.24, 2.45) is 4.99 Å². The SMILES string of the molecule is CCOCCNC(=NC)N1CCC(NC(=O)OC(C)(C)C)C1. The number of carbonyl (C=O) groups is 1. The number of hydrogen-bond donors (Lipinski definition) is 2. The quantitative estimate of drug-likeness (QED) is 0.453. The van der Waals surface area contributed by atoms with Crippen LogP contribution in [0.15, 0.2) is 4.99 Å². The molecule has 1 heterocycles. The maximum atomic E-state index is 11.8. The molecule has 1 unspecified atom stereocenters. The summed E-state index contributed by atoms with van der Waals surface area (Å²) in [6.45, 7) is 11.2. The van der Waals surface area contributed by atoms with Crippen molar-refractivity contribution < 1.29 is 14.3 Å². The Morgan fingerprint density at radius 2 is 2.14 bits per heavy atom. The number of amides is 1. The van der Waals surface area contributed by atoms with Crippen LogP contribution in [0.4, 0.5) is 4.79 Å². The molecular weight excluding hydrogens is 284 g/mol. The summed E-state index contributed by atoms with van der Waals surface area (Å²) in [6, 6.07) is 0.0836. The molecule has 128 valence electrons. The first-order valence-electron chi connectivity index (χ1n) is 7.88. The van der Waals surface area contributed by atoms with E-state index in [1.165, 1.54) is 0 Å². The maximum Gasteiger partial charge on any atom is 0.407 e. The van der Waals surface area contributed by atoms with Gasteiger partial charge in [0.05, 0.1) is 12.6 Å². The van der Waals surface area contributed by atoms with Crippen LogP contribution in [0.1, 0.15) is 34.1 Å². The largest absolute Gasteiger partial charge is 0.444 e. The molecule has 1 fully saturated rings. The van der Waals surface area contributed by atoms with Crippen molar-refractivity contribution in [2.45, 2.75) is 45.8 Å². The molecule has 0 aromatic heterocycles. The summed E-state index contributed by atoms with van der Waals surface area (Å²) in [4.78, 5) is 18.2. The Morgan fingerprint density at radius 1 is 1.41 bits per heavy atom. The highest BCUT2D eigenvalue weighted by Gasteiger charge is 2.27. The molecule has 2 N–H and O–H groups in total. The number of ether oxygens (including phenoxy) is 2. The Kier molecular flexibility index (Phi) is 7.44. The van der Waals surface area contributed by atoms with Crippen LogP contribution in [-0.2, 0) is 9.47 Å². The zero-order valence-electron chi connectivity index (χ0n) is 14.4. The Hall–Kier alpha value is -1.50. The number of hydrogen-bond acceptors (Lipinski definition) is 4. The Balaban J connectivity index is 2.36. The molecule has 1 atom stereocenters. The predicted octanol–water partition coefficient (Wildman–Crippen LogP) is 1.20. The standard InChI is InChI=1S/C15H30N4O3/c1-6-21-10-8-17-13(16-5)19-9-7-12(11-19)18-14(20)22-15(2,3)4/h12H,6-11H2,1-5H3,(H,16,17)(H,18,20). The van der Waals surface area contributed by atoms with E-state index >= 15 is 0 Å². The lowest BCUT2D eigenvalue weighted by Gasteiger charge is -2.23. The zero-order valence-corrected chi connectivity index (χ0v) is 14.4. The highest BCUT2D eigenvalue weighted by atomic mass is 16.6. The molecular formula is C15H30N4O3. The molecule has 0 spiro atoms. The van der Waals surface area contributed by atoms with Gasteiger partial charge in [-0.15, -0.1) is 0 Å². The molecule has 0 aromatic carbocycles. The maximum absolute atomic E-state index is 11.8. The van der Waals surface area contributed by atoms with E-state index in [0.717, 1.165) is 32.0 Å². The second kappa shape index (κ2) is 8.82. The lowest BCUT2D eigenvalue weighted by atomic mass is 10.2. The topological polar surface area (TPSA) is 75.2 Å². The van der Waals surface area contributed by atoms with Gasteiger partial charge in [-0.25, -0.2) is 4.79 Å². The Morgan fingerprint density at radius 3 is 2.73 bits per heavy atom. The highest BCUT2D eigenvalue weighted by Crippen LogP contribution is 2.11. The summed E-state index contributed by atoms with van der Waals surface area (Å²) in [5.74, 6) is 0.841. The van der Waals surface area contributed by atoms with E-state index < -0.39 is 5.60 Å². The van der Waals surface area contributed by atoms with Gasteiger partial charge in [0.1, 0.15) is 5.60 Å². The van der Waals surface area contributed by atoms with E-state index in [4.69, 9.17) is 9.47 Å². The van der Waals surface area contributed by atoms with Crippen LogP contribution in [0, 0.1) is 0 Å². The highest BCUT2D eigenvalue weighted by molar-refractivity contribution is 5.80. The molecule has 0 saturated carbocycles. The van der Waals surface area contributed by atoms with Crippen molar-refractivity contribution in [3.63, 3.8) is 0 Å². The number of nitrogens with zero attached hydrogens (tertiary/aromatic N) is 2. The molecule has 7 nitrogen and oxygen atoms in total. The lowest BCUT2D eigenvalue weighted by Crippen LogP contribution is -2.44. The van der Waals surface area contributed by atoms with Gasteiger partial charge in [-0.1, -0.05) is 0 Å². The van der Waals surface area contributed by atoms with Crippen molar-refractivity contribution in [1.29, 1.82) is 0 Å². The fraction of sp³-hybridized carbons (Fsp3) is 0.867. The lowest BCUT2D eigenvalue weighted by molar-refractivity contribution is 0.0507. The van der Waals surface area contributed by atoms with Crippen LogP contribution in [-0.4, -0.2) is 68.5 Å². The van der Waals surface area contributed by atoms with Gasteiger partial charge in [0, 0.05) is 33.3 Å². The van der Waals surface area contributed by atoms with Gasteiger partial charge in [0.2, 0.25) is 0 Å². The molecule has 0 radical (unpaired) electrons. The predicted molar refractivity (Wildman–Crippen MR) is 87.2 cm³/mol. The smallest absolute Gasteiger partial charge is 0.407 e. The fourth-order valence-electron chi connectivity index (χ4n) is 2.26. The van der Waals surface area contributed by atoms with Gasteiger partial charge in [0.15, 0.2) is 5.96 Å². The minimum Gasteiger partial charge on any atom is -0.444 e. The van der Waals surface area contributed by atoms with Gasteiger partial charge in [-0.2, -0.15) is 0 Å². The monoisotopic (exact) mass is 314 g/mol. The minimum absolute atomic E-state index is 0.0836. The van der Waals surface area contributed by atoms with Crippen LogP contribution < -0.4 is 10.6 Å². The van der Waals surface area contributed by atoms with E-state index in [-0.39, 0.29) is 12.1 Å². The van der Waals surface area contributed by atoms with Crippen LogP contribution in [0.5, 0.6) is 0 Å². The van der Waals surface area contributed by atoms with Gasteiger partial charge >= 0.3 is 6.09 Å². The summed E-state index contributed by atoms with van der Waals surface area (Å²) < 4.78 is 10.6. The van der Waals surface area contributed by atoms with E-state index in [2.05, 4.69) is 20.5 Å². The summed E-state index contributed by atoms with van der Waals surface area (Å²) in [5.41, 5.74) is -0.473. The number of guanidine groups is 1. The van der Waals surface area contributed by atoms with Crippen molar-refractivity contribution >= 4 is 12.1 Å². The van der Waals surface area contributed by atoms with Gasteiger partial charge in [0.25, 0.3) is 0 Å². The average Bonchev–Trinajstić information content (AvgIpc) is 2.85. The molecule has 1 saturated heterocycles. The molecule has 1 amide bonds. The van der Waals surface area contributed by atoms with Crippen molar-refractivity contribution in [2.75, 3.05) is 39.9 Å². The second-order valence-electron chi connectivity index (χ2n) is 6.25. The number of alkyl carbamates (subject to hydrolysis) is 1. The third kappa shape index (κ3) is 6.98. The van der Waals surface area contributed by atoms with Gasteiger partial charge < -0.3 is 25.0 Å². The minimum atomic E-state index is -0.473. The Bertz CT molecular complexity index is 379.